The van der Waals surface area contributed by atoms with E-state index in [1.54, 1.807) is 12.2 Å². The second-order valence-corrected chi connectivity index (χ2v) is 5.11. The van der Waals surface area contributed by atoms with Crippen LogP contribution in [0.4, 0.5) is 0 Å². The molecule has 0 saturated heterocycles. The normalized spacial score (nSPS) is 12.9. The first kappa shape index (κ1) is 17.0. The SMILES string of the molecule is CCCC(N=C=O)c1cccc(C(CCC)N=C=O)c1C. The first-order valence-electron chi connectivity index (χ1n) is 7.42. The van der Waals surface area contributed by atoms with Crippen molar-refractivity contribution in [1.29, 1.82) is 0 Å². The van der Waals surface area contributed by atoms with E-state index in [2.05, 4.69) is 23.8 Å². The van der Waals surface area contributed by atoms with Crippen LogP contribution in [0.5, 0.6) is 0 Å². The number of rotatable bonds is 8. The summed E-state index contributed by atoms with van der Waals surface area (Å²) in [5.41, 5.74) is 3.08. The maximum absolute atomic E-state index is 10.6. The van der Waals surface area contributed by atoms with Gasteiger partial charge in [0.2, 0.25) is 12.2 Å². The zero-order valence-electron chi connectivity index (χ0n) is 12.9. The molecule has 0 spiro atoms. The van der Waals surface area contributed by atoms with Crippen molar-refractivity contribution < 1.29 is 9.59 Å². The number of carbonyl (C=O) groups excluding carboxylic acids is 2. The third kappa shape index (κ3) is 4.49. The Labute approximate surface area is 126 Å². The van der Waals surface area contributed by atoms with Crippen LogP contribution in [0, 0.1) is 6.92 Å². The summed E-state index contributed by atoms with van der Waals surface area (Å²) in [7, 11) is 0. The third-order valence-electron chi connectivity index (χ3n) is 3.68. The molecule has 0 aliphatic carbocycles. The van der Waals surface area contributed by atoms with Gasteiger partial charge in [0.15, 0.2) is 0 Å². The lowest BCUT2D eigenvalue weighted by Gasteiger charge is -2.19. The van der Waals surface area contributed by atoms with E-state index in [9.17, 15) is 9.59 Å². The van der Waals surface area contributed by atoms with Gasteiger partial charge < -0.3 is 0 Å². The van der Waals surface area contributed by atoms with Gasteiger partial charge in [0.05, 0.1) is 12.1 Å². The lowest BCUT2D eigenvalue weighted by Crippen LogP contribution is -2.04. The van der Waals surface area contributed by atoms with Crippen molar-refractivity contribution in [2.75, 3.05) is 0 Å². The number of hydrogen-bond donors (Lipinski definition) is 0. The van der Waals surface area contributed by atoms with Gasteiger partial charge in [-0.2, -0.15) is 9.98 Å². The predicted octanol–water partition coefficient (Wildman–Crippen LogP) is 4.35. The first-order valence-corrected chi connectivity index (χ1v) is 7.42. The molecule has 4 heteroatoms. The molecule has 0 saturated carbocycles. The van der Waals surface area contributed by atoms with Crippen LogP contribution in [-0.4, -0.2) is 12.2 Å². The topological polar surface area (TPSA) is 58.9 Å². The number of nitrogens with zero attached hydrogens (tertiary/aromatic N) is 2. The van der Waals surface area contributed by atoms with Gasteiger partial charge >= 0.3 is 0 Å². The molecule has 0 aliphatic heterocycles. The monoisotopic (exact) mass is 286 g/mol. The maximum Gasteiger partial charge on any atom is 0.235 e. The van der Waals surface area contributed by atoms with Gasteiger partial charge in [-0.3, -0.25) is 0 Å². The van der Waals surface area contributed by atoms with Crippen molar-refractivity contribution >= 4 is 12.2 Å². The van der Waals surface area contributed by atoms with E-state index in [4.69, 9.17) is 0 Å². The molecule has 0 fully saturated rings. The molecule has 0 N–H and O–H groups in total. The summed E-state index contributed by atoms with van der Waals surface area (Å²) < 4.78 is 0. The summed E-state index contributed by atoms with van der Waals surface area (Å²) >= 11 is 0. The Morgan fingerprint density at radius 2 is 1.38 bits per heavy atom. The fourth-order valence-corrected chi connectivity index (χ4v) is 2.65. The Morgan fingerprint density at radius 1 is 0.952 bits per heavy atom. The van der Waals surface area contributed by atoms with Crippen LogP contribution in [0.3, 0.4) is 0 Å². The average molecular weight is 286 g/mol. The Kier molecular flexibility index (Phi) is 7.31. The summed E-state index contributed by atoms with van der Waals surface area (Å²) in [4.78, 5) is 29.1. The number of benzene rings is 1. The van der Waals surface area contributed by atoms with Crippen molar-refractivity contribution in [1.82, 2.24) is 0 Å². The van der Waals surface area contributed by atoms with Gasteiger partial charge in [-0.25, -0.2) is 9.59 Å². The lowest BCUT2D eigenvalue weighted by atomic mass is 9.90. The maximum atomic E-state index is 10.6. The minimum Gasteiger partial charge on any atom is -0.211 e. The van der Waals surface area contributed by atoms with Crippen LogP contribution < -0.4 is 0 Å². The molecule has 2 unspecified atom stereocenters. The molecule has 0 aromatic heterocycles. The first-order chi connectivity index (χ1) is 10.2. The molecule has 112 valence electrons. The van der Waals surface area contributed by atoms with E-state index in [1.807, 2.05) is 25.1 Å². The summed E-state index contributed by atoms with van der Waals surface area (Å²) in [6, 6.07) is 5.55. The van der Waals surface area contributed by atoms with E-state index < -0.39 is 0 Å². The molecule has 0 aliphatic rings. The van der Waals surface area contributed by atoms with Crippen LogP contribution in [0.2, 0.25) is 0 Å². The van der Waals surface area contributed by atoms with Gasteiger partial charge in [-0.15, -0.1) is 0 Å². The van der Waals surface area contributed by atoms with Gasteiger partial charge in [0, 0.05) is 0 Å². The van der Waals surface area contributed by atoms with Crippen LogP contribution >= 0.6 is 0 Å². The second-order valence-electron chi connectivity index (χ2n) is 5.11. The van der Waals surface area contributed by atoms with E-state index in [-0.39, 0.29) is 12.1 Å². The lowest BCUT2D eigenvalue weighted by molar-refractivity contribution is 0.549. The smallest absolute Gasteiger partial charge is 0.211 e. The van der Waals surface area contributed by atoms with Gasteiger partial charge in [0.25, 0.3) is 0 Å². The molecular weight excluding hydrogens is 264 g/mol. The fourth-order valence-electron chi connectivity index (χ4n) is 2.65. The molecular formula is C17H22N2O2. The number of isocyanates is 2. The molecule has 1 aromatic carbocycles. The Bertz CT molecular complexity index is 510. The van der Waals surface area contributed by atoms with Crippen molar-refractivity contribution in [3.8, 4) is 0 Å². The van der Waals surface area contributed by atoms with Crippen molar-refractivity contribution in [3.05, 3.63) is 34.9 Å². The quantitative estimate of drug-likeness (QED) is 0.527. The highest BCUT2D eigenvalue weighted by Gasteiger charge is 2.18. The van der Waals surface area contributed by atoms with E-state index in [1.165, 1.54) is 0 Å². The van der Waals surface area contributed by atoms with Crippen LogP contribution in [-0.2, 0) is 9.59 Å². The van der Waals surface area contributed by atoms with E-state index in [0.29, 0.717) is 0 Å². The second kappa shape index (κ2) is 9.02. The minimum absolute atomic E-state index is 0.171. The van der Waals surface area contributed by atoms with Crippen LogP contribution in [0.15, 0.2) is 28.2 Å². The van der Waals surface area contributed by atoms with Gasteiger partial charge in [-0.05, 0) is 36.5 Å². The Hall–Kier alpha value is -2.02. The third-order valence-corrected chi connectivity index (χ3v) is 3.68. The summed E-state index contributed by atoms with van der Waals surface area (Å²) in [6.07, 6.45) is 6.80. The average Bonchev–Trinajstić information content (AvgIpc) is 2.47. The Balaban J connectivity index is 3.28. The fraction of sp³-hybridized carbons (Fsp3) is 0.529. The summed E-state index contributed by atoms with van der Waals surface area (Å²) in [6.45, 7) is 6.11. The molecule has 1 rings (SSSR count). The minimum atomic E-state index is -0.171. The molecule has 0 radical (unpaired) electrons. The van der Waals surface area contributed by atoms with Crippen molar-refractivity contribution in [2.45, 2.75) is 58.5 Å². The predicted molar refractivity (Wildman–Crippen MR) is 82.7 cm³/mol. The molecule has 0 heterocycles. The van der Waals surface area contributed by atoms with Crippen molar-refractivity contribution in [3.63, 3.8) is 0 Å². The molecule has 21 heavy (non-hydrogen) atoms. The van der Waals surface area contributed by atoms with Gasteiger partial charge in [0.1, 0.15) is 0 Å². The zero-order valence-corrected chi connectivity index (χ0v) is 12.9. The highest BCUT2D eigenvalue weighted by atomic mass is 16.1. The van der Waals surface area contributed by atoms with E-state index >= 15 is 0 Å². The molecule has 4 nitrogen and oxygen atoms in total. The van der Waals surface area contributed by atoms with Gasteiger partial charge in [-0.1, -0.05) is 44.9 Å². The Morgan fingerprint density at radius 3 is 1.71 bits per heavy atom. The zero-order chi connectivity index (χ0) is 15.7. The standard InChI is InChI=1S/C17H22N2O2/c1-4-7-16(18-11-20)14-9-6-10-15(13(14)3)17(8-5-2)19-12-21/h6,9-10,16-17H,4-5,7-8H2,1-3H3. The summed E-state index contributed by atoms with van der Waals surface area (Å²) in [5, 5.41) is 0. The molecule has 1 aromatic rings. The van der Waals surface area contributed by atoms with Crippen LogP contribution in [0.1, 0.15) is 68.3 Å². The van der Waals surface area contributed by atoms with Crippen molar-refractivity contribution in [2.24, 2.45) is 9.98 Å². The number of aliphatic imine (C=N–C) groups is 2. The molecule has 0 amide bonds. The highest BCUT2D eigenvalue weighted by Crippen LogP contribution is 2.32. The largest absolute Gasteiger partial charge is 0.235 e. The summed E-state index contributed by atoms with van der Waals surface area (Å²) in [5.74, 6) is 0. The highest BCUT2D eigenvalue weighted by molar-refractivity contribution is 5.43. The van der Waals surface area contributed by atoms with E-state index in [0.717, 1.165) is 42.4 Å². The molecule has 0 bridgehead atoms. The molecule has 2 atom stereocenters. The van der Waals surface area contributed by atoms with Crippen LogP contribution in [0.25, 0.3) is 0 Å². The number of hydrogen-bond acceptors (Lipinski definition) is 4.